The van der Waals surface area contributed by atoms with Crippen molar-refractivity contribution in [3.63, 3.8) is 0 Å². The fourth-order valence-corrected chi connectivity index (χ4v) is 5.36. The van der Waals surface area contributed by atoms with E-state index in [2.05, 4.69) is 0 Å². The molecule has 10 heteroatoms. The summed E-state index contributed by atoms with van der Waals surface area (Å²) in [5.41, 5.74) is -0.0652. The number of piperidine rings is 1. The quantitative estimate of drug-likeness (QED) is 0.397. The van der Waals surface area contributed by atoms with Gasteiger partial charge < -0.3 is 13.9 Å². The van der Waals surface area contributed by atoms with E-state index in [1.54, 1.807) is 18.2 Å². The maximum atomic E-state index is 14.4. The molecule has 0 radical (unpaired) electrons. The number of carbonyl (C=O) groups is 1. The van der Waals surface area contributed by atoms with Crippen LogP contribution >= 0.6 is 0 Å². The number of ether oxygens (including phenoxy) is 2. The van der Waals surface area contributed by atoms with Crippen molar-refractivity contribution in [1.29, 1.82) is 0 Å². The van der Waals surface area contributed by atoms with Crippen LogP contribution < -0.4 is 10.4 Å². The standard InChI is InChI=1S/C23H22FNO7S/c1-30-17-6-7-18-16(12-22(26)32-20(18)13-17)14-31-23(27)15-5-8-19(24)21(11-15)33(28,29)25-9-3-2-4-10-25/h5-8,11-13H,2-4,9-10,14H2,1H3. The van der Waals surface area contributed by atoms with Crippen LogP contribution in [0.25, 0.3) is 11.0 Å². The minimum atomic E-state index is -4.07. The average Bonchev–Trinajstić information content (AvgIpc) is 2.82. The van der Waals surface area contributed by atoms with Gasteiger partial charge in [-0.3, -0.25) is 0 Å². The second kappa shape index (κ2) is 9.32. The topological polar surface area (TPSA) is 103 Å². The van der Waals surface area contributed by atoms with Crippen LogP contribution in [0.5, 0.6) is 5.75 Å². The van der Waals surface area contributed by atoms with Gasteiger partial charge in [-0.25, -0.2) is 22.4 Å². The van der Waals surface area contributed by atoms with E-state index in [4.69, 9.17) is 13.9 Å². The van der Waals surface area contributed by atoms with Crippen molar-refractivity contribution in [2.45, 2.75) is 30.8 Å². The molecular formula is C23H22FNO7S. The van der Waals surface area contributed by atoms with Crippen LogP contribution in [0, 0.1) is 5.82 Å². The van der Waals surface area contributed by atoms with E-state index in [1.807, 2.05) is 0 Å². The third kappa shape index (κ3) is 4.76. The fourth-order valence-electron chi connectivity index (χ4n) is 3.76. The maximum Gasteiger partial charge on any atom is 0.338 e. The molecular weight excluding hydrogens is 453 g/mol. The molecule has 1 fully saturated rings. The normalized spacial score (nSPS) is 14.8. The van der Waals surface area contributed by atoms with Gasteiger partial charge in [0.15, 0.2) is 0 Å². The third-order valence-electron chi connectivity index (χ3n) is 5.50. The van der Waals surface area contributed by atoms with Gasteiger partial charge in [0.05, 0.1) is 12.7 Å². The molecule has 4 rings (SSSR count). The Bertz CT molecular complexity index is 1360. The zero-order valence-corrected chi connectivity index (χ0v) is 18.7. The van der Waals surface area contributed by atoms with Crippen molar-refractivity contribution in [2.75, 3.05) is 20.2 Å². The van der Waals surface area contributed by atoms with Crippen molar-refractivity contribution in [3.05, 3.63) is 69.8 Å². The van der Waals surface area contributed by atoms with E-state index in [0.29, 0.717) is 42.6 Å². The molecule has 0 unspecified atom stereocenters. The maximum absolute atomic E-state index is 14.4. The van der Waals surface area contributed by atoms with E-state index in [-0.39, 0.29) is 17.8 Å². The highest BCUT2D eigenvalue weighted by Gasteiger charge is 2.29. The molecule has 174 valence electrons. The SMILES string of the molecule is COc1ccc2c(COC(=O)c3ccc(F)c(S(=O)(=O)N4CCCCC4)c3)cc(=O)oc2c1. The molecule has 1 aliphatic rings. The number of hydrogen-bond acceptors (Lipinski definition) is 7. The molecule has 0 amide bonds. The Balaban J connectivity index is 1.58. The Morgan fingerprint density at radius 1 is 1.09 bits per heavy atom. The molecule has 0 atom stereocenters. The van der Waals surface area contributed by atoms with Crippen molar-refractivity contribution in [1.82, 2.24) is 4.31 Å². The molecule has 1 aromatic heterocycles. The predicted octanol–water partition coefficient (Wildman–Crippen LogP) is 3.47. The number of benzene rings is 2. The fraction of sp³-hybridized carbons (Fsp3) is 0.304. The Morgan fingerprint density at radius 3 is 2.58 bits per heavy atom. The molecule has 0 bridgehead atoms. The number of hydrogen-bond donors (Lipinski definition) is 0. The number of methoxy groups -OCH3 is 1. The van der Waals surface area contributed by atoms with Gasteiger partial charge in [-0.1, -0.05) is 6.42 Å². The Labute approximate surface area is 189 Å². The molecule has 33 heavy (non-hydrogen) atoms. The minimum Gasteiger partial charge on any atom is -0.497 e. The monoisotopic (exact) mass is 475 g/mol. The largest absolute Gasteiger partial charge is 0.497 e. The molecule has 0 N–H and O–H groups in total. The summed E-state index contributed by atoms with van der Waals surface area (Å²) in [5.74, 6) is -1.29. The lowest BCUT2D eigenvalue weighted by atomic mass is 10.1. The first-order valence-electron chi connectivity index (χ1n) is 10.4. The van der Waals surface area contributed by atoms with Crippen LogP contribution in [0.3, 0.4) is 0 Å². The summed E-state index contributed by atoms with van der Waals surface area (Å²) < 4.78 is 57.0. The molecule has 1 saturated heterocycles. The smallest absolute Gasteiger partial charge is 0.338 e. The van der Waals surface area contributed by atoms with Gasteiger partial charge in [0, 0.05) is 36.2 Å². The molecule has 1 aliphatic heterocycles. The number of carbonyl (C=O) groups excluding carboxylic acids is 1. The zero-order chi connectivity index (χ0) is 23.6. The summed E-state index contributed by atoms with van der Waals surface area (Å²) in [4.78, 5) is 24.0. The van der Waals surface area contributed by atoms with E-state index >= 15 is 0 Å². The highest BCUT2D eigenvalue weighted by atomic mass is 32.2. The highest BCUT2D eigenvalue weighted by molar-refractivity contribution is 7.89. The number of fused-ring (bicyclic) bond motifs is 1. The van der Waals surface area contributed by atoms with Gasteiger partial charge in [0.2, 0.25) is 10.0 Å². The van der Waals surface area contributed by atoms with Gasteiger partial charge in [-0.2, -0.15) is 4.31 Å². The minimum absolute atomic E-state index is 0.110. The number of rotatable bonds is 6. The molecule has 2 heterocycles. The lowest BCUT2D eigenvalue weighted by molar-refractivity contribution is 0.0473. The van der Waals surface area contributed by atoms with Gasteiger partial charge in [-0.15, -0.1) is 0 Å². The van der Waals surface area contributed by atoms with Crippen LogP contribution in [0.4, 0.5) is 4.39 Å². The Morgan fingerprint density at radius 2 is 1.85 bits per heavy atom. The zero-order valence-electron chi connectivity index (χ0n) is 17.9. The molecule has 0 saturated carbocycles. The van der Waals surface area contributed by atoms with Gasteiger partial charge in [0.25, 0.3) is 0 Å². The van der Waals surface area contributed by atoms with Crippen LogP contribution in [0.1, 0.15) is 35.2 Å². The van der Waals surface area contributed by atoms with E-state index in [0.717, 1.165) is 24.6 Å². The molecule has 0 spiro atoms. The third-order valence-corrected chi connectivity index (χ3v) is 7.41. The summed E-state index contributed by atoms with van der Waals surface area (Å²) in [6.07, 6.45) is 2.32. The Hall–Kier alpha value is -3.24. The van der Waals surface area contributed by atoms with Gasteiger partial charge in [0.1, 0.15) is 28.7 Å². The number of sulfonamides is 1. The summed E-state index contributed by atoms with van der Waals surface area (Å²) in [5, 5.41) is 0.552. The molecule has 2 aromatic carbocycles. The number of nitrogens with zero attached hydrogens (tertiary/aromatic N) is 1. The van der Waals surface area contributed by atoms with Crippen molar-refractivity contribution in [2.24, 2.45) is 0 Å². The lowest BCUT2D eigenvalue weighted by Crippen LogP contribution is -2.36. The second-order valence-corrected chi connectivity index (χ2v) is 9.55. The van der Waals surface area contributed by atoms with Crippen molar-refractivity contribution >= 4 is 27.0 Å². The first-order valence-corrected chi connectivity index (χ1v) is 11.8. The first-order chi connectivity index (χ1) is 15.8. The lowest BCUT2D eigenvalue weighted by Gasteiger charge is -2.26. The van der Waals surface area contributed by atoms with Crippen LogP contribution in [-0.4, -0.2) is 38.9 Å². The number of halogens is 1. The summed E-state index contributed by atoms with van der Waals surface area (Å²) in [6.45, 7) is 0.356. The van der Waals surface area contributed by atoms with Gasteiger partial charge >= 0.3 is 11.6 Å². The van der Waals surface area contributed by atoms with Crippen LogP contribution in [0.2, 0.25) is 0 Å². The number of esters is 1. The van der Waals surface area contributed by atoms with Crippen LogP contribution in [0.15, 0.2) is 56.6 Å². The summed E-state index contributed by atoms with van der Waals surface area (Å²) >= 11 is 0. The summed E-state index contributed by atoms with van der Waals surface area (Å²) in [6, 6.07) is 9.18. The Kier molecular flexibility index (Phi) is 6.48. The second-order valence-electron chi connectivity index (χ2n) is 7.64. The van der Waals surface area contributed by atoms with E-state index < -0.39 is 32.3 Å². The highest BCUT2D eigenvalue weighted by Crippen LogP contribution is 2.26. The molecule has 8 nitrogen and oxygen atoms in total. The molecule has 0 aliphatic carbocycles. The van der Waals surface area contributed by atoms with Crippen molar-refractivity contribution in [3.8, 4) is 5.75 Å². The van der Waals surface area contributed by atoms with Gasteiger partial charge in [-0.05, 0) is 43.2 Å². The van der Waals surface area contributed by atoms with Crippen molar-refractivity contribution < 1.29 is 31.5 Å². The van der Waals surface area contributed by atoms with E-state index in [1.165, 1.54) is 17.5 Å². The average molecular weight is 475 g/mol. The summed E-state index contributed by atoms with van der Waals surface area (Å²) in [7, 11) is -2.59. The molecule has 3 aromatic rings. The van der Waals surface area contributed by atoms with E-state index in [9.17, 15) is 22.4 Å². The van der Waals surface area contributed by atoms with Crippen LogP contribution in [-0.2, 0) is 21.4 Å². The first kappa shape index (κ1) is 22.9. The predicted molar refractivity (Wildman–Crippen MR) is 117 cm³/mol.